The van der Waals surface area contributed by atoms with Crippen LogP contribution < -0.4 is 10.6 Å². The van der Waals surface area contributed by atoms with Gasteiger partial charge in [-0.05, 0) is 44.9 Å². The number of nitrogens with one attached hydrogen (secondary N) is 2. The molecule has 118 valence electrons. The van der Waals surface area contributed by atoms with Crippen LogP contribution in [0.3, 0.4) is 0 Å². The Labute approximate surface area is 124 Å². The zero-order chi connectivity index (χ0) is 14.8. The Morgan fingerprint density at radius 3 is 2.50 bits per heavy atom. The third kappa shape index (κ3) is 7.73. The topological polar surface area (TPSA) is 56.7 Å². The smallest absolute Gasteiger partial charge is 0.191 e. The van der Waals surface area contributed by atoms with Crippen LogP contribution in [-0.4, -0.2) is 36.3 Å². The number of aliphatic imine (C=N–C) groups is 1. The van der Waals surface area contributed by atoms with Crippen molar-refractivity contribution in [1.82, 2.24) is 10.6 Å². The number of unbranched alkanes of at least 4 members (excludes halogenated alkanes) is 1. The predicted molar refractivity (Wildman–Crippen MR) is 86.1 cm³/mol. The van der Waals surface area contributed by atoms with Crippen molar-refractivity contribution in [2.75, 3.05) is 13.1 Å². The second-order valence-electron chi connectivity index (χ2n) is 6.30. The van der Waals surface area contributed by atoms with Crippen molar-refractivity contribution < 1.29 is 5.11 Å². The SMILES string of the molecule is CCNC(=NCCCCC(C)C)NC1CCC(O)CC1. The second kappa shape index (κ2) is 10.0. The first-order valence-corrected chi connectivity index (χ1v) is 8.34. The van der Waals surface area contributed by atoms with Crippen molar-refractivity contribution >= 4 is 5.96 Å². The van der Waals surface area contributed by atoms with Crippen molar-refractivity contribution in [1.29, 1.82) is 0 Å². The first kappa shape index (κ1) is 17.3. The molecule has 1 aliphatic rings. The summed E-state index contributed by atoms with van der Waals surface area (Å²) in [6.07, 6.45) is 7.52. The first-order valence-electron chi connectivity index (χ1n) is 8.34. The molecular weight excluding hydrogens is 250 g/mol. The van der Waals surface area contributed by atoms with Crippen LogP contribution in [0.4, 0.5) is 0 Å². The van der Waals surface area contributed by atoms with Crippen molar-refractivity contribution in [3.8, 4) is 0 Å². The molecule has 0 amide bonds. The molecule has 0 aromatic heterocycles. The average molecular weight is 283 g/mol. The van der Waals surface area contributed by atoms with Gasteiger partial charge in [0.05, 0.1) is 6.10 Å². The zero-order valence-electron chi connectivity index (χ0n) is 13.5. The van der Waals surface area contributed by atoms with E-state index in [2.05, 4.69) is 36.4 Å². The van der Waals surface area contributed by atoms with Gasteiger partial charge in [-0.15, -0.1) is 0 Å². The summed E-state index contributed by atoms with van der Waals surface area (Å²) in [5, 5.41) is 16.4. The van der Waals surface area contributed by atoms with E-state index in [1.54, 1.807) is 0 Å². The fraction of sp³-hybridized carbons (Fsp3) is 0.938. The summed E-state index contributed by atoms with van der Waals surface area (Å²) in [4.78, 5) is 4.66. The number of rotatable bonds is 7. The van der Waals surface area contributed by atoms with Gasteiger partial charge >= 0.3 is 0 Å². The van der Waals surface area contributed by atoms with Crippen molar-refractivity contribution in [2.24, 2.45) is 10.9 Å². The number of hydrogen-bond donors (Lipinski definition) is 3. The second-order valence-corrected chi connectivity index (χ2v) is 6.30. The van der Waals surface area contributed by atoms with E-state index >= 15 is 0 Å². The van der Waals surface area contributed by atoms with Crippen molar-refractivity contribution in [2.45, 2.75) is 77.9 Å². The van der Waals surface area contributed by atoms with E-state index in [1.165, 1.54) is 12.8 Å². The van der Waals surface area contributed by atoms with Crippen LogP contribution >= 0.6 is 0 Å². The summed E-state index contributed by atoms with van der Waals surface area (Å²) in [6.45, 7) is 8.43. The van der Waals surface area contributed by atoms with Gasteiger partial charge in [0.2, 0.25) is 0 Å². The molecule has 4 nitrogen and oxygen atoms in total. The molecule has 0 aromatic carbocycles. The fourth-order valence-corrected chi connectivity index (χ4v) is 2.59. The highest BCUT2D eigenvalue weighted by molar-refractivity contribution is 5.80. The van der Waals surface area contributed by atoms with Crippen LogP contribution in [-0.2, 0) is 0 Å². The molecule has 1 fully saturated rings. The molecule has 0 radical (unpaired) electrons. The highest BCUT2D eigenvalue weighted by atomic mass is 16.3. The Hall–Kier alpha value is -0.770. The highest BCUT2D eigenvalue weighted by Gasteiger charge is 2.19. The quantitative estimate of drug-likeness (QED) is 0.382. The van der Waals surface area contributed by atoms with E-state index in [9.17, 15) is 5.11 Å². The number of hydrogen-bond acceptors (Lipinski definition) is 2. The molecule has 0 bridgehead atoms. The van der Waals surface area contributed by atoms with Crippen LogP contribution in [0.1, 0.15) is 65.7 Å². The molecule has 0 spiro atoms. The molecule has 0 saturated heterocycles. The van der Waals surface area contributed by atoms with Gasteiger partial charge in [-0.3, -0.25) is 4.99 Å². The number of aliphatic hydroxyl groups excluding tert-OH is 1. The normalized spacial score (nSPS) is 23.9. The third-order valence-electron chi connectivity index (χ3n) is 3.84. The van der Waals surface area contributed by atoms with Crippen LogP contribution in [0.15, 0.2) is 4.99 Å². The molecule has 0 atom stereocenters. The van der Waals surface area contributed by atoms with Crippen LogP contribution in [0.5, 0.6) is 0 Å². The van der Waals surface area contributed by atoms with Crippen LogP contribution in [0.25, 0.3) is 0 Å². The van der Waals surface area contributed by atoms with Gasteiger partial charge in [-0.25, -0.2) is 0 Å². The van der Waals surface area contributed by atoms with E-state index < -0.39 is 0 Å². The van der Waals surface area contributed by atoms with E-state index in [-0.39, 0.29) is 6.10 Å². The van der Waals surface area contributed by atoms with Crippen molar-refractivity contribution in [3.05, 3.63) is 0 Å². The molecule has 3 N–H and O–H groups in total. The van der Waals surface area contributed by atoms with Gasteiger partial charge in [-0.2, -0.15) is 0 Å². The maximum absolute atomic E-state index is 9.54. The Morgan fingerprint density at radius 1 is 1.20 bits per heavy atom. The van der Waals surface area contributed by atoms with Gasteiger partial charge in [0.25, 0.3) is 0 Å². The lowest BCUT2D eigenvalue weighted by Gasteiger charge is -2.27. The lowest BCUT2D eigenvalue weighted by atomic mass is 9.93. The fourth-order valence-electron chi connectivity index (χ4n) is 2.59. The monoisotopic (exact) mass is 283 g/mol. The average Bonchev–Trinajstić information content (AvgIpc) is 2.40. The molecule has 20 heavy (non-hydrogen) atoms. The first-order chi connectivity index (χ1) is 9.61. The number of aliphatic hydroxyl groups is 1. The molecular formula is C16H33N3O. The lowest BCUT2D eigenvalue weighted by Crippen LogP contribution is -2.45. The number of guanidine groups is 1. The standard InChI is InChI=1S/C16H33N3O/c1-4-17-16(18-12-6-5-7-13(2)3)19-14-8-10-15(20)11-9-14/h13-15,20H,4-12H2,1-3H3,(H2,17,18,19). The zero-order valence-corrected chi connectivity index (χ0v) is 13.5. The molecule has 0 aromatic rings. The largest absolute Gasteiger partial charge is 0.393 e. The summed E-state index contributed by atoms with van der Waals surface area (Å²) >= 11 is 0. The Morgan fingerprint density at radius 2 is 1.90 bits per heavy atom. The highest BCUT2D eigenvalue weighted by Crippen LogP contribution is 2.18. The summed E-state index contributed by atoms with van der Waals surface area (Å²) in [5.41, 5.74) is 0. The Kier molecular flexibility index (Phi) is 8.67. The summed E-state index contributed by atoms with van der Waals surface area (Å²) in [6, 6.07) is 0.465. The predicted octanol–water partition coefficient (Wildman–Crippen LogP) is 2.67. The molecule has 1 aliphatic carbocycles. The van der Waals surface area contributed by atoms with E-state index in [4.69, 9.17) is 0 Å². The van der Waals surface area contributed by atoms with Gasteiger partial charge in [0.1, 0.15) is 0 Å². The van der Waals surface area contributed by atoms with Gasteiger partial charge in [0, 0.05) is 19.1 Å². The Bertz CT molecular complexity index is 271. The molecule has 4 heteroatoms. The molecule has 0 unspecified atom stereocenters. The third-order valence-corrected chi connectivity index (χ3v) is 3.84. The maximum atomic E-state index is 9.54. The molecule has 1 rings (SSSR count). The summed E-state index contributed by atoms with van der Waals surface area (Å²) in [7, 11) is 0. The molecule has 1 saturated carbocycles. The van der Waals surface area contributed by atoms with E-state index in [0.29, 0.717) is 6.04 Å². The van der Waals surface area contributed by atoms with Crippen molar-refractivity contribution in [3.63, 3.8) is 0 Å². The van der Waals surface area contributed by atoms with Gasteiger partial charge in [0.15, 0.2) is 5.96 Å². The van der Waals surface area contributed by atoms with Gasteiger partial charge in [-0.1, -0.05) is 26.7 Å². The maximum Gasteiger partial charge on any atom is 0.191 e. The van der Waals surface area contributed by atoms with E-state index in [0.717, 1.165) is 57.1 Å². The minimum Gasteiger partial charge on any atom is -0.393 e. The lowest BCUT2D eigenvalue weighted by molar-refractivity contribution is 0.120. The summed E-state index contributed by atoms with van der Waals surface area (Å²) < 4.78 is 0. The van der Waals surface area contributed by atoms with Crippen LogP contribution in [0.2, 0.25) is 0 Å². The molecule has 0 aliphatic heterocycles. The minimum atomic E-state index is -0.0939. The molecule has 0 heterocycles. The number of nitrogens with zero attached hydrogens (tertiary/aromatic N) is 1. The Balaban J connectivity index is 2.27. The summed E-state index contributed by atoms with van der Waals surface area (Å²) in [5.74, 6) is 1.73. The van der Waals surface area contributed by atoms with E-state index in [1.807, 2.05) is 0 Å². The van der Waals surface area contributed by atoms with Gasteiger partial charge < -0.3 is 15.7 Å². The minimum absolute atomic E-state index is 0.0939. The van der Waals surface area contributed by atoms with Crippen LogP contribution in [0, 0.1) is 5.92 Å².